The molecular weight excluding hydrogens is 191 g/mol. The van der Waals surface area contributed by atoms with Gasteiger partial charge in [-0.05, 0) is 5.57 Å². The molecule has 0 unspecified atom stereocenters. The zero-order chi connectivity index (χ0) is 8.55. The van der Waals surface area contributed by atoms with Gasteiger partial charge in [0.1, 0.15) is 0 Å². The molecule has 0 nitrogen and oxygen atoms in total. The minimum absolute atomic E-state index is 0.589. The van der Waals surface area contributed by atoms with Gasteiger partial charge >= 0.3 is 0 Å². The quantitative estimate of drug-likeness (QED) is 0.520. The molecule has 0 aromatic heterocycles. The van der Waals surface area contributed by atoms with Gasteiger partial charge in [0.2, 0.25) is 0 Å². The highest BCUT2D eigenvalue weighted by atomic mass is 35.5. The van der Waals surface area contributed by atoms with Gasteiger partial charge in [0.05, 0.1) is 16.0 Å². The van der Waals surface area contributed by atoms with E-state index in [-0.39, 0.29) is 0 Å². The van der Waals surface area contributed by atoms with Crippen LogP contribution < -0.4 is 0 Å². The van der Waals surface area contributed by atoms with E-state index >= 15 is 0 Å². The number of hydrogen-bond acceptors (Lipinski definition) is 0. The van der Waals surface area contributed by atoms with Gasteiger partial charge in [0, 0.05) is 0 Å². The summed E-state index contributed by atoms with van der Waals surface area (Å²) < 4.78 is 0. The van der Waals surface area contributed by atoms with Crippen LogP contribution in [0.5, 0.6) is 0 Å². The number of allylic oxidation sites excluding steroid dienone is 7. The fourth-order valence-electron chi connectivity index (χ4n) is 1.16. The molecule has 0 aromatic carbocycles. The van der Waals surface area contributed by atoms with E-state index in [2.05, 4.69) is 5.73 Å². The van der Waals surface area contributed by atoms with Crippen molar-refractivity contribution >= 4 is 23.2 Å². The maximum atomic E-state index is 5.90. The van der Waals surface area contributed by atoms with Gasteiger partial charge in [-0.1, -0.05) is 59.3 Å². The minimum Gasteiger partial charge on any atom is -0.0829 e. The average molecular weight is 196 g/mol. The van der Waals surface area contributed by atoms with Crippen LogP contribution >= 0.6 is 23.2 Å². The predicted octanol–water partition coefficient (Wildman–Crippen LogP) is 3.47. The van der Waals surface area contributed by atoms with Crippen LogP contribution in [-0.4, -0.2) is 0 Å². The third-order valence-corrected chi connectivity index (χ3v) is 2.33. The van der Waals surface area contributed by atoms with Crippen molar-refractivity contribution in [1.29, 1.82) is 0 Å². The molecule has 2 rings (SSSR count). The van der Waals surface area contributed by atoms with Crippen molar-refractivity contribution in [3.8, 4) is 0 Å². The van der Waals surface area contributed by atoms with E-state index in [0.717, 1.165) is 11.5 Å². The van der Waals surface area contributed by atoms with Gasteiger partial charge in [-0.25, -0.2) is 0 Å². The summed E-state index contributed by atoms with van der Waals surface area (Å²) in [7, 11) is 0. The fraction of sp³-hybridized carbons (Fsp3) is 0. The van der Waals surface area contributed by atoms with E-state index in [9.17, 15) is 0 Å². The largest absolute Gasteiger partial charge is 0.0882 e. The highest BCUT2D eigenvalue weighted by molar-refractivity contribution is 6.38. The van der Waals surface area contributed by atoms with E-state index in [0.29, 0.717) is 10.1 Å². The molecule has 0 aromatic rings. The van der Waals surface area contributed by atoms with Gasteiger partial charge in [-0.3, -0.25) is 0 Å². The summed E-state index contributed by atoms with van der Waals surface area (Å²) in [6.07, 6.45) is 9.66. The van der Waals surface area contributed by atoms with Crippen LogP contribution in [0.3, 0.4) is 0 Å². The summed E-state index contributed by atoms with van der Waals surface area (Å²) >= 11 is 11.8. The topological polar surface area (TPSA) is 0 Å². The first-order valence-electron chi connectivity index (χ1n) is 3.54. The average Bonchev–Trinajstić information content (AvgIpc) is 2.29. The zero-order valence-corrected chi connectivity index (χ0v) is 7.65. The molecule has 0 saturated heterocycles. The Hall–Kier alpha value is -0.680. The summed E-state index contributed by atoms with van der Waals surface area (Å²) in [5.74, 6) is 0.951. The first-order valence-corrected chi connectivity index (χ1v) is 4.29. The molecule has 2 aliphatic rings. The molecule has 59 valence electrons. The molecule has 0 amide bonds. The predicted molar refractivity (Wildman–Crippen MR) is 51.9 cm³/mol. The van der Waals surface area contributed by atoms with E-state index in [1.54, 1.807) is 0 Å². The van der Waals surface area contributed by atoms with Crippen molar-refractivity contribution in [1.82, 2.24) is 0 Å². The Labute approximate surface area is 81.2 Å². The number of halogens is 2. The van der Waals surface area contributed by atoms with Crippen LogP contribution in [0.4, 0.5) is 0 Å². The number of fused-ring (bicyclic) bond motifs is 1. The maximum absolute atomic E-state index is 5.90. The maximum Gasteiger partial charge on any atom is 0.0882 e. The second-order valence-electron chi connectivity index (χ2n) is 2.49. The molecule has 2 aliphatic carbocycles. The van der Waals surface area contributed by atoms with Crippen LogP contribution in [-0.2, 0) is 0 Å². The van der Waals surface area contributed by atoms with Gasteiger partial charge < -0.3 is 0 Å². The monoisotopic (exact) mass is 195 g/mol. The molecule has 12 heavy (non-hydrogen) atoms. The second kappa shape index (κ2) is 2.99. The molecule has 0 heterocycles. The van der Waals surface area contributed by atoms with Crippen molar-refractivity contribution in [2.45, 2.75) is 0 Å². The fourth-order valence-corrected chi connectivity index (χ4v) is 1.73. The van der Waals surface area contributed by atoms with Gasteiger partial charge in [-0.2, -0.15) is 0 Å². The Morgan fingerprint density at radius 1 is 1.00 bits per heavy atom. The molecule has 0 atom stereocenters. The third kappa shape index (κ3) is 1.19. The molecule has 0 saturated carbocycles. The summed E-state index contributed by atoms with van der Waals surface area (Å²) in [4.78, 5) is 0. The molecule has 1 radical (unpaired) electrons. The lowest BCUT2D eigenvalue weighted by atomic mass is 10.0. The van der Waals surface area contributed by atoms with Crippen LogP contribution in [0, 0.1) is 5.92 Å². The summed E-state index contributed by atoms with van der Waals surface area (Å²) in [6, 6.07) is 0. The van der Waals surface area contributed by atoms with Crippen molar-refractivity contribution < 1.29 is 0 Å². The molecule has 0 aliphatic heterocycles. The molecule has 0 spiro atoms. The lowest BCUT2D eigenvalue weighted by Gasteiger charge is -2.04. The van der Waals surface area contributed by atoms with Crippen molar-refractivity contribution in [2.24, 2.45) is 0 Å². The first kappa shape index (κ1) is 7.94. The van der Waals surface area contributed by atoms with E-state index in [4.69, 9.17) is 23.2 Å². The molecular formula is C10H5Cl2. The van der Waals surface area contributed by atoms with Crippen molar-refractivity contribution in [2.75, 3.05) is 0 Å². The Bertz CT molecular complexity index is 363. The van der Waals surface area contributed by atoms with Crippen molar-refractivity contribution in [3.05, 3.63) is 57.7 Å². The molecule has 0 bridgehead atoms. The second-order valence-corrected chi connectivity index (χ2v) is 3.25. The normalized spacial score (nSPS) is 21.3. The van der Waals surface area contributed by atoms with Gasteiger partial charge in [-0.15, -0.1) is 0 Å². The van der Waals surface area contributed by atoms with Crippen LogP contribution in [0.2, 0.25) is 0 Å². The molecule has 2 heteroatoms. The lowest BCUT2D eigenvalue weighted by Crippen LogP contribution is -1.92. The summed E-state index contributed by atoms with van der Waals surface area (Å²) in [5, 5.41) is 1.18. The van der Waals surface area contributed by atoms with Crippen LogP contribution in [0.25, 0.3) is 0 Å². The minimum atomic E-state index is 0.589. The van der Waals surface area contributed by atoms with Crippen LogP contribution in [0.1, 0.15) is 0 Å². The first-order chi connectivity index (χ1) is 5.79. The highest BCUT2D eigenvalue weighted by Crippen LogP contribution is 2.39. The SMILES string of the molecule is ClC1=C=C(Cl)C2=CC=CC=C[C]12. The highest BCUT2D eigenvalue weighted by Gasteiger charge is 2.23. The third-order valence-electron chi connectivity index (χ3n) is 1.73. The van der Waals surface area contributed by atoms with Crippen molar-refractivity contribution in [3.63, 3.8) is 0 Å². The number of hydrogen-bond donors (Lipinski definition) is 0. The Morgan fingerprint density at radius 3 is 2.67 bits per heavy atom. The lowest BCUT2D eigenvalue weighted by molar-refractivity contribution is 1.40. The van der Waals surface area contributed by atoms with Gasteiger partial charge in [0.15, 0.2) is 0 Å². The zero-order valence-electron chi connectivity index (χ0n) is 6.14. The van der Waals surface area contributed by atoms with Crippen LogP contribution in [0.15, 0.2) is 51.7 Å². The Kier molecular flexibility index (Phi) is 1.98. The molecule has 0 N–H and O–H groups in total. The van der Waals surface area contributed by atoms with E-state index in [1.807, 2.05) is 30.4 Å². The molecule has 0 fully saturated rings. The van der Waals surface area contributed by atoms with E-state index < -0.39 is 0 Å². The van der Waals surface area contributed by atoms with Gasteiger partial charge in [0.25, 0.3) is 0 Å². The summed E-state index contributed by atoms with van der Waals surface area (Å²) in [6.45, 7) is 0. The smallest absolute Gasteiger partial charge is 0.0829 e. The standard InChI is InChI=1S/C10H5Cl2/c11-9-6-10(12)8-5-3-1-2-4-7(8)9/h1-5H. The Morgan fingerprint density at radius 2 is 1.83 bits per heavy atom. The number of rotatable bonds is 0. The van der Waals surface area contributed by atoms with E-state index in [1.165, 1.54) is 0 Å². The summed E-state index contributed by atoms with van der Waals surface area (Å²) in [5.41, 5.74) is 3.81. The Balaban J connectivity index is 2.49.